The molecule has 1 unspecified atom stereocenters. The first kappa shape index (κ1) is 9.17. The van der Waals surface area contributed by atoms with Gasteiger partial charge in [0.25, 0.3) is 0 Å². The van der Waals surface area contributed by atoms with E-state index in [0.717, 1.165) is 11.6 Å². The molecule has 0 fully saturated rings. The standard InChI is InChI=1S/C10H12F2/c1-3-7(2)9-5-4-8(11)6-10(9)12/h5-6,8H,2-4H2,1H3. The van der Waals surface area contributed by atoms with E-state index in [9.17, 15) is 8.78 Å². The van der Waals surface area contributed by atoms with Gasteiger partial charge in [0.2, 0.25) is 0 Å². The Morgan fingerprint density at radius 1 is 1.75 bits per heavy atom. The van der Waals surface area contributed by atoms with Crippen LogP contribution in [-0.2, 0) is 0 Å². The highest BCUT2D eigenvalue weighted by molar-refractivity contribution is 5.44. The van der Waals surface area contributed by atoms with Crippen LogP contribution in [0.15, 0.2) is 35.7 Å². The molecule has 1 atom stereocenters. The molecule has 0 heterocycles. The zero-order valence-electron chi connectivity index (χ0n) is 7.11. The fraction of sp³-hybridized carbons (Fsp3) is 0.400. The Labute approximate surface area is 71.3 Å². The van der Waals surface area contributed by atoms with E-state index in [4.69, 9.17) is 0 Å². The Balaban J connectivity index is 2.81. The number of allylic oxidation sites excluding steroid dienone is 5. The van der Waals surface area contributed by atoms with E-state index < -0.39 is 12.0 Å². The maximum atomic E-state index is 13.0. The van der Waals surface area contributed by atoms with Crippen molar-refractivity contribution in [2.24, 2.45) is 0 Å². The van der Waals surface area contributed by atoms with Gasteiger partial charge < -0.3 is 0 Å². The lowest BCUT2D eigenvalue weighted by molar-refractivity contribution is 0.391. The molecular formula is C10H12F2. The van der Waals surface area contributed by atoms with E-state index in [1.54, 1.807) is 6.08 Å². The third kappa shape index (κ3) is 1.81. The monoisotopic (exact) mass is 170 g/mol. The molecule has 0 aliphatic heterocycles. The Hall–Kier alpha value is -0.920. The van der Waals surface area contributed by atoms with Crippen molar-refractivity contribution in [2.45, 2.75) is 25.9 Å². The first-order valence-electron chi connectivity index (χ1n) is 4.05. The topological polar surface area (TPSA) is 0 Å². The molecule has 0 saturated carbocycles. The third-order valence-corrected chi connectivity index (χ3v) is 1.94. The average molecular weight is 170 g/mol. The molecule has 1 aliphatic rings. The first-order valence-corrected chi connectivity index (χ1v) is 4.05. The van der Waals surface area contributed by atoms with Crippen LogP contribution >= 0.6 is 0 Å². The van der Waals surface area contributed by atoms with E-state index in [-0.39, 0.29) is 6.42 Å². The predicted octanol–water partition coefficient (Wildman–Crippen LogP) is 3.47. The van der Waals surface area contributed by atoms with Crippen LogP contribution in [0.5, 0.6) is 0 Å². The Bertz CT molecular complexity index is 249. The summed E-state index contributed by atoms with van der Waals surface area (Å²) in [5, 5.41) is 0. The van der Waals surface area contributed by atoms with Crippen LogP contribution in [0.2, 0.25) is 0 Å². The van der Waals surface area contributed by atoms with E-state index in [2.05, 4.69) is 6.58 Å². The van der Waals surface area contributed by atoms with Gasteiger partial charge >= 0.3 is 0 Å². The molecule has 2 heteroatoms. The summed E-state index contributed by atoms with van der Waals surface area (Å²) in [6, 6.07) is 0. The zero-order valence-corrected chi connectivity index (χ0v) is 7.11. The fourth-order valence-corrected chi connectivity index (χ4v) is 1.15. The summed E-state index contributed by atoms with van der Waals surface area (Å²) in [4.78, 5) is 0. The molecule has 0 spiro atoms. The molecule has 0 bridgehead atoms. The summed E-state index contributed by atoms with van der Waals surface area (Å²) >= 11 is 0. The van der Waals surface area contributed by atoms with Gasteiger partial charge in [0.15, 0.2) is 0 Å². The lowest BCUT2D eigenvalue weighted by Gasteiger charge is -2.13. The summed E-state index contributed by atoms with van der Waals surface area (Å²) in [5.74, 6) is -0.472. The molecular weight excluding hydrogens is 158 g/mol. The fourth-order valence-electron chi connectivity index (χ4n) is 1.15. The second kappa shape index (κ2) is 3.65. The van der Waals surface area contributed by atoms with E-state index in [0.29, 0.717) is 12.0 Å². The van der Waals surface area contributed by atoms with Gasteiger partial charge in [-0.25, -0.2) is 8.78 Å². The van der Waals surface area contributed by atoms with Crippen LogP contribution in [-0.4, -0.2) is 6.17 Å². The molecule has 12 heavy (non-hydrogen) atoms. The molecule has 66 valence electrons. The van der Waals surface area contributed by atoms with Gasteiger partial charge in [-0.05, 0) is 18.1 Å². The number of halogens is 2. The highest BCUT2D eigenvalue weighted by atomic mass is 19.1. The number of hydrogen-bond acceptors (Lipinski definition) is 0. The van der Waals surface area contributed by atoms with Crippen molar-refractivity contribution in [3.63, 3.8) is 0 Å². The molecule has 0 aromatic carbocycles. The highest BCUT2D eigenvalue weighted by Gasteiger charge is 2.15. The molecule has 0 aromatic heterocycles. The molecule has 0 radical (unpaired) electrons. The lowest BCUT2D eigenvalue weighted by Crippen LogP contribution is -2.03. The molecule has 0 aromatic rings. The first-order chi connectivity index (χ1) is 5.65. The van der Waals surface area contributed by atoms with Gasteiger partial charge in [-0.1, -0.05) is 19.6 Å². The molecule has 0 nitrogen and oxygen atoms in total. The largest absolute Gasteiger partial charge is 0.242 e. The summed E-state index contributed by atoms with van der Waals surface area (Å²) < 4.78 is 25.6. The van der Waals surface area contributed by atoms with E-state index in [1.165, 1.54) is 0 Å². The quantitative estimate of drug-likeness (QED) is 0.595. The van der Waals surface area contributed by atoms with Crippen LogP contribution in [0.3, 0.4) is 0 Å². The molecule has 0 N–H and O–H groups in total. The van der Waals surface area contributed by atoms with Crippen molar-refractivity contribution >= 4 is 0 Å². The maximum absolute atomic E-state index is 13.0. The molecule has 1 rings (SSSR count). The van der Waals surface area contributed by atoms with Gasteiger partial charge in [-0.3, -0.25) is 0 Å². The predicted molar refractivity (Wildman–Crippen MR) is 46.2 cm³/mol. The summed E-state index contributed by atoms with van der Waals surface area (Å²) in [7, 11) is 0. The van der Waals surface area contributed by atoms with Crippen molar-refractivity contribution in [1.29, 1.82) is 0 Å². The number of hydrogen-bond donors (Lipinski definition) is 0. The Morgan fingerprint density at radius 2 is 2.42 bits per heavy atom. The van der Waals surface area contributed by atoms with Crippen molar-refractivity contribution in [1.82, 2.24) is 0 Å². The highest BCUT2D eigenvalue weighted by Crippen LogP contribution is 2.27. The molecule has 0 saturated heterocycles. The summed E-state index contributed by atoms with van der Waals surface area (Å²) in [6.45, 7) is 5.60. The minimum atomic E-state index is -1.17. The van der Waals surface area contributed by atoms with Crippen molar-refractivity contribution < 1.29 is 8.78 Å². The summed E-state index contributed by atoms with van der Waals surface area (Å²) in [6.07, 6.45) is 2.38. The maximum Gasteiger partial charge on any atom is 0.129 e. The van der Waals surface area contributed by atoms with Gasteiger partial charge in [-0.2, -0.15) is 0 Å². The normalized spacial score (nSPS) is 23.1. The SMILES string of the molecule is C=C(CC)C1=CCC(F)C=C1F. The average Bonchev–Trinajstić information content (AvgIpc) is 2.03. The van der Waals surface area contributed by atoms with Crippen LogP contribution in [0.1, 0.15) is 19.8 Å². The molecule has 0 amide bonds. The van der Waals surface area contributed by atoms with Crippen molar-refractivity contribution in [2.75, 3.05) is 0 Å². The second-order valence-corrected chi connectivity index (χ2v) is 2.84. The van der Waals surface area contributed by atoms with Crippen LogP contribution < -0.4 is 0 Å². The van der Waals surface area contributed by atoms with E-state index in [1.807, 2.05) is 6.92 Å². The molecule has 1 aliphatic carbocycles. The lowest BCUT2D eigenvalue weighted by atomic mass is 9.97. The minimum Gasteiger partial charge on any atom is -0.242 e. The van der Waals surface area contributed by atoms with Gasteiger partial charge in [0.1, 0.15) is 12.0 Å². The third-order valence-electron chi connectivity index (χ3n) is 1.94. The van der Waals surface area contributed by atoms with E-state index >= 15 is 0 Å². The zero-order chi connectivity index (χ0) is 9.14. The smallest absolute Gasteiger partial charge is 0.129 e. The minimum absolute atomic E-state index is 0.266. The summed E-state index contributed by atoms with van der Waals surface area (Å²) in [5.41, 5.74) is 1.21. The second-order valence-electron chi connectivity index (χ2n) is 2.84. The Kier molecular flexibility index (Phi) is 2.79. The number of rotatable bonds is 2. The van der Waals surface area contributed by atoms with Gasteiger partial charge in [0.05, 0.1) is 0 Å². The number of alkyl halides is 1. The van der Waals surface area contributed by atoms with Gasteiger partial charge in [0, 0.05) is 12.0 Å². The van der Waals surface area contributed by atoms with Crippen LogP contribution in [0.4, 0.5) is 8.78 Å². The van der Waals surface area contributed by atoms with Crippen LogP contribution in [0, 0.1) is 0 Å². The van der Waals surface area contributed by atoms with Crippen molar-refractivity contribution in [3.8, 4) is 0 Å². The van der Waals surface area contributed by atoms with Crippen molar-refractivity contribution in [3.05, 3.63) is 35.7 Å². The van der Waals surface area contributed by atoms with Gasteiger partial charge in [-0.15, -0.1) is 0 Å². The van der Waals surface area contributed by atoms with Crippen LogP contribution in [0.25, 0.3) is 0 Å². The Morgan fingerprint density at radius 3 is 2.92 bits per heavy atom.